The lowest BCUT2D eigenvalue weighted by Gasteiger charge is -2.03. The van der Waals surface area contributed by atoms with E-state index in [4.69, 9.17) is 4.74 Å². The third kappa shape index (κ3) is 4.46. The minimum Gasteiger partial charge on any atom is -0.504 e. The zero-order valence-electron chi connectivity index (χ0n) is 11.5. The Labute approximate surface area is 132 Å². The number of phenols is 1. The second-order valence-corrected chi connectivity index (χ2v) is 5.45. The van der Waals surface area contributed by atoms with Gasteiger partial charge in [0, 0.05) is 10.9 Å². The first-order valence-electron chi connectivity index (χ1n) is 6.41. The molecule has 0 bridgehead atoms. The molecule has 0 saturated carbocycles. The summed E-state index contributed by atoms with van der Waals surface area (Å²) in [5, 5.41) is 9.67. The number of allylic oxidation sites excluding steroid dienone is 1. The molecule has 4 heteroatoms. The van der Waals surface area contributed by atoms with Crippen LogP contribution in [0.2, 0.25) is 0 Å². The van der Waals surface area contributed by atoms with Crippen molar-refractivity contribution in [3.63, 3.8) is 0 Å². The highest BCUT2D eigenvalue weighted by molar-refractivity contribution is 9.10. The van der Waals surface area contributed by atoms with Gasteiger partial charge in [0.05, 0.1) is 7.11 Å². The van der Waals surface area contributed by atoms with E-state index in [1.54, 1.807) is 24.3 Å². The van der Waals surface area contributed by atoms with Crippen LogP contribution in [0.5, 0.6) is 11.5 Å². The van der Waals surface area contributed by atoms with Crippen LogP contribution < -0.4 is 4.74 Å². The van der Waals surface area contributed by atoms with Crippen LogP contribution in [-0.4, -0.2) is 18.0 Å². The van der Waals surface area contributed by atoms with Gasteiger partial charge in [0.1, 0.15) is 0 Å². The molecule has 0 unspecified atom stereocenters. The van der Waals surface area contributed by atoms with Crippen molar-refractivity contribution < 1.29 is 14.6 Å². The first-order valence-corrected chi connectivity index (χ1v) is 7.20. The first-order chi connectivity index (χ1) is 10.1. The van der Waals surface area contributed by atoms with E-state index in [2.05, 4.69) is 15.9 Å². The van der Waals surface area contributed by atoms with Crippen molar-refractivity contribution in [1.82, 2.24) is 0 Å². The molecular formula is C17H15BrO3. The van der Waals surface area contributed by atoms with Crippen LogP contribution in [0.15, 0.2) is 53.0 Å². The average molecular weight is 347 g/mol. The molecule has 0 aliphatic heterocycles. The normalized spacial score (nSPS) is 10.8. The van der Waals surface area contributed by atoms with Gasteiger partial charge >= 0.3 is 0 Å². The van der Waals surface area contributed by atoms with Crippen LogP contribution in [0, 0.1) is 0 Å². The summed E-state index contributed by atoms with van der Waals surface area (Å²) in [6.07, 6.45) is 3.54. The molecule has 3 nitrogen and oxygen atoms in total. The maximum absolute atomic E-state index is 11.9. The summed E-state index contributed by atoms with van der Waals surface area (Å²) < 4.78 is 5.93. The number of carbonyl (C=O) groups excluding carboxylic acids is 1. The predicted octanol–water partition coefficient (Wildman–Crippen LogP) is 3.99. The molecule has 0 fully saturated rings. The predicted molar refractivity (Wildman–Crippen MR) is 86.5 cm³/mol. The van der Waals surface area contributed by atoms with E-state index in [1.165, 1.54) is 13.2 Å². The Kier molecular flexibility index (Phi) is 5.17. The highest BCUT2D eigenvalue weighted by Gasteiger charge is 2.02. The summed E-state index contributed by atoms with van der Waals surface area (Å²) >= 11 is 3.38. The molecule has 2 aromatic rings. The van der Waals surface area contributed by atoms with E-state index in [1.807, 2.05) is 24.3 Å². The number of phenolic OH excluding ortho intramolecular Hbond substituents is 1. The van der Waals surface area contributed by atoms with E-state index in [9.17, 15) is 9.90 Å². The smallest absolute Gasteiger partial charge is 0.160 e. The Morgan fingerprint density at radius 1 is 1.29 bits per heavy atom. The molecular weight excluding hydrogens is 332 g/mol. The van der Waals surface area contributed by atoms with Crippen LogP contribution in [0.4, 0.5) is 0 Å². The molecule has 1 N–H and O–H groups in total. The Balaban J connectivity index is 2.03. The zero-order valence-corrected chi connectivity index (χ0v) is 13.1. The van der Waals surface area contributed by atoms with Gasteiger partial charge in [-0.05, 0) is 41.5 Å². The molecule has 0 radical (unpaired) electrons. The molecule has 2 aromatic carbocycles. The number of hydrogen-bond acceptors (Lipinski definition) is 3. The monoisotopic (exact) mass is 346 g/mol. The summed E-state index contributed by atoms with van der Waals surface area (Å²) in [7, 11) is 1.49. The molecule has 0 saturated heterocycles. The quantitative estimate of drug-likeness (QED) is 0.832. The Bertz CT molecular complexity index is 677. The number of hydrogen-bond donors (Lipinski definition) is 1. The molecule has 0 aromatic heterocycles. The van der Waals surface area contributed by atoms with Crippen LogP contribution >= 0.6 is 15.9 Å². The number of aromatic hydroxyl groups is 1. The summed E-state index contributed by atoms with van der Waals surface area (Å²) in [6, 6.07) is 12.7. The van der Waals surface area contributed by atoms with Gasteiger partial charge in [-0.1, -0.05) is 40.2 Å². The Morgan fingerprint density at radius 3 is 2.76 bits per heavy atom. The Hall–Kier alpha value is -2.07. The van der Waals surface area contributed by atoms with E-state index < -0.39 is 0 Å². The van der Waals surface area contributed by atoms with Crippen LogP contribution in [0.1, 0.15) is 11.1 Å². The molecule has 0 atom stereocenters. The average Bonchev–Trinajstić information content (AvgIpc) is 2.45. The summed E-state index contributed by atoms with van der Waals surface area (Å²) in [5.74, 6) is 0.468. The second-order valence-electron chi connectivity index (χ2n) is 4.54. The first kappa shape index (κ1) is 15.3. The molecule has 21 heavy (non-hydrogen) atoms. The zero-order chi connectivity index (χ0) is 15.2. The minimum atomic E-state index is 0.00316. The lowest BCUT2D eigenvalue weighted by Crippen LogP contribution is -1.98. The Morgan fingerprint density at radius 2 is 2.10 bits per heavy atom. The lowest BCUT2D eigenvalue weighted by atomic mass is 10.1. The molecule has 0 heterocycles. The maximum Gasteiger partial charge on any atom is 0.160 e. The highest BCUT2D eigenvalue weighted by Crippen LogP contribution is 2.26. The van der Waals surface area contributed by atoms with Gasteiger partial charge in [-0.3, -0.25) is 4.79 Å². The minimum absolute atomic E-state index is 0.00316. The van der Waals surface area contributed by atoms with Gasteiger partial charge in [-0.25, -0.2) is 0 Å². The van der Waals surface area contributed by atoms with Crippen molar-refractivity contribution in [3.05, 3.63) is 64.1 Å². The third-order valence-corrected chi connectivity index (χ3v) is 3.43. The van der Waals surface area contributed by atoms with Gasteiger partial charge < -0.3 is 9.84 Å². The number of rotatable bonds is 5. The summed E-state index contributed by atoms with van der Waals surface area (Å²) in [5.41, 5.74) is 1.70. The van der Waals surface area contributed by atoms with Crippen molar-refractivity contribution >= 4 is 27.8 Å². The maximum atomic E-state index is 11.9. The van der Waals surface area contributed by atoms with Gasteiger partial charge in [0.2, 0.25) is 0 Å². The number of methoxy groups -OCH3 is 1. The fourth-order valence-electron chi connectivity index (χ4n) is 1.91. The van der Waals surface area contributed by atoms with Crippen LogP contribution in [-0.2, 0) is 11.2 Å². The standard InChI is InChI=1S/C17H15BrO3/c1-21-17-8-6-12(11-16(17)20)5-7-15(19)10-13-3-2-4-14(18)9-13/h2-9,11,20H,10H2,1H3/b7-5+. The van der Waals surface area contributed by atoms with Crippen LogP contribution in [0.25, 0.3) is 6.08 Å². The highest BCUT2D eigenvalue weighted by atomic mass is 79.9. The molecule has 2 rings (SSSR count). The number of halogens is 1. The van der Waals surface area contributed by atoms with Gasteiger partial charge in [-0.15, -0.1) is 0 Å². The molecule has 0 spiro atoms. The molecule has 0 aliphatic carbocycles. The van der Waals surface area contributed by atoms with Gasteiger partial charge in [0.25, 0.3) is 0 Å². The topological polar surface area (TPSA) is 46.5 Å². The van der Waals surface area contributed by atoms with E-state index in [-0.39, 0.29) is 11.5 Å². The molecule has 0 aliphatic rings. The van der Waals surface area contributed by atoms with Crippen molar-refractivity contribution in [1.29, 1.82) is 0 Å². The van der Waals surface area contributed by atoms with Crippen molar-refractivity contribution in [3.8, 4) is 11.5 Å². The number of carbonyl (C=O) groups is 1. The van der Waals surface area contributed by atoms with Crippen molar-refractivity contribution in [2.75, 3.05) is 7.11 Å². The van der Waals surface area contributed by atoms with Gasteiger partial charge in [0.15, 0.2) is 17.3 Å². The van der Waals surface area contributed by atoms with E-state index in [0.717, 1.165) is 15.6 Å². The van der Waals surface area contributed by atoms with Gasteiger partial charge in [-0.2, -0.15) is 0 Å². The summed E-state index contributed by atoms with van der Waals surface area (Å²) in [4.78, 5) is 11.9. The van der Waals surface area contributed by atoms with E-state index in [0.29, 0.717) is 12.2 Å². The third-order valence-electron chi connectivity index (χ3n) is 2.93. The second kappa shape index (κ2) is 7.09. The molecule has 0 amide bonds. The summed E-state index contributed by atoms with van der Waals surface area (Å²) in [6.45, 7) is 0. The van der Waals surface area contributed by atoms with Crippen molar-refractivity contribution in [2.45, 2.75) is 6.42 Å². The van der Waals surface area contributed by atoms with Crippen molar-refractivity contribution in [2.24, 2.45) is 0 Å². The number of benzene rings is 2. The number of ketones is 1. The number of ether oxygens (including phenoxy) is 1. The molecule has 108 valence electrons. The fraction of sp³-hybridized carbons (Fsp3) is 0.118. The van der Waals surface area contributed by atoms with Crippen LogP contribution in [0.3, 0.4) is 0 Å². The SMILES string of the molecule is COc1ccc(/C=C/C(=O)Cc2cccc(Br)c2)cc1O. The largest absolute Gasteiger partial charge is 0.504 e. The fourth-order valence-corrected chi connectivity index (χ4v) is 2.35. The lowest BCUT2D eigenvalue weighted by molar-refractivity contribution is -0.113. The van der Waals surface area contributed by atoms with E-state index >= 15 is 0 Å².